The van der Waals surface area contributed by atoms with Gasteiger partial charge in [0.15, 0.2) is 11.8 Å². The van der Waals surface area contributed by atoms with E-state index in [1.54, 1.807) is 7.11 Å². The molecule has 0 aliphatic heterocycles. The Morgan fingerprint density at radius 2 is 1.86 bits per heavy atom. The molecule has 0 amide bonds. The molecule has 0 saturated carbocycles. The summed E-state index contributed by atoms with van der Waals surface area (Å²) in [7, 11) is 3.68. The highest BCUT2D eigenvalue weighted by atomic mass is 16.5. The van der Waals surface area contributed by atoms with Crippen LogP contribution < -0.4 is 15.5 Å². The number of guanidine groups is 1. The van der Waals surface area contributed by atoms with Crippen LogP contribution >= 0.6 is 0 Å². The zero-order valence-electron chi connectivity index (χ0n) is 18.2. The maximum atomic E-state index is 5.12. The van der Waals surface area contributed by atoms with Gasteiger partial charge in [-0.15, -0.1) is 10.2 Å². The van der Waals surface area contributed by atoms with E-state index < -0.39 is 0 Å². The third-order valence-corrected chi connectivity index (χ3v) is 4.78. The number of nitrogens with zero attached hydrogens (tertiary/aromatic N) is 5. The van der Waals surface area contributed by atoms with Gasteiger partial charge in [-0.05, 0) is 38.8 Å². The van der Waals surface area contributed by atoms with Crippen LogP contribution in [-0.2, 0) is 18.3 Å². The van der Waals surface area contributed by atoms with Crippen LogP contribution in [0.1, 0.15) is 31.4 Å². The van der Waals surface area contributed by atoms with Crippen LogP contribution in [0, 0.1) is 6.92 Å². The number of methoxy groups -OCH3 is 1. The summed E-state index contributed by atoms with van der Waals surface area (Å²) in [6, 6.07) is 10.5. The Labute approximate surface area is 174 Å². The molecule has 1 aromatic carbocycles. The molecule has 8 nitrogen and oxygen atoms in total. The van der Waals surface area contributed by atoms with Crippen LogP contribution in [0.4, 0.5) is 5.69 Å². The van der Waals surface area contributed by atoms with Crippen LogP contribution in [0.15, 0.2) is 35.3 Å². The molecule has 0 saturated heterocycles. The molecule has 0 atom stereocenters. The number of aromatic nitrogens is 3. The van der Waals surface area contributed by atoms with Gasteiger partial charge in [0.2, 0.25) is 0 Å². The topological polar surface area (TPSA) is 79.6 Å². The zero-order chi connectivity index (χ0) is 20.9. The maximum Gasteiger partial charge on any atom is 0.191 e. The summed E-state index contributed by atoms with van der Waals surface area (Å²) < 4.78 is 7.09. The predicted octanol–water partition coefficient (Wildman–Crippen LogP) is 2.11. The fourth-order valence-corrected chi connectivity index (χ4v) is 2.92. The van der Waals surface area contributed by atoms with Crippen LogP contribution in [0.5, 0.6) is 0 Å². The van der Waals surface area contributed by atoms with Crippen LogP contribution in [0.2, 0.25) is 0 Å². The number of benzene rings is 1. The van der Waals surface area contributed by atoms with Crippen LogP contribution in [0.25, 0.3) is 0 Å². The minimum atomic E-state index is 0.488. The Hall–Kier alpha value is -2.61. The summed E-state index contributed by atoms with van der Waals surface area (Å²) in [4.78, 5) is 7.06. The lowest BCUT2D eigenvalue weighted by molar-refractivity contribution is 0.195. The average molecular weight is 402 g/mol. The molecule has 0 unspecified atom stereocenters. The predicted molar refractivity (Wildman–Crippen MR) is 118 cm³/mol. The molecule has 2 aromatic rings. The fourth-order valence-electron chi connectivity index (χ4n) is 2.92. The van der Waals surface area contributed by atoms with Crippen molar-refractivity contribution < 1.29 is 4.74 Å². The normalized spacial score (nSPS) is 11.5. The molecular weight excluding hydrogens is 366 g/mol. The minimum Gasteiger partial charge on any atom is -0.385 e. The molecule has 0 aliphatic rings. The van der Waals surface area contributed by atoms with Crippen LogP contribution in [-0.4, -0.2) is 60.6 Å². The van der Waals surface area contributed by atoms with Crippen molar-refractivity contribution in [1.29, 1.82) is 0 Å². The van der Waals surface area contributed by atoms with Gasteiger partial charge in [0, 0.05) is 52.6 Å². The summed E-state index contributed by atoms with van der Waals surface area (Å²) in [6.45, 7) is 8.98. The van der Waals surface area contributed by atoms with E-state index in [1.807, 2.05) is 18.5 Å². The standard InChI is InChI=1S/C21H35N7O/c1-5-28(19-11-7-6-8-12-19)15-9-13-22-21(23-14-10-16-29-4)24-17-20-26-25-18(2)27(20)3/h6-8,11-12H,5,9-10,13-17H2,1-4H3,(H2,22,23,24). The molecule has 0 aliphatic carbocycles. The first kappa shape index (κ1) is 22.7. The molecule has 0 spiro atoms. The molecule has 1 aromatic heterocycles. The average Bonchev–Trinajstić information content (AvgIpc) is 3.07. The number of hydrogen-bond donors (Lipinski definition) is 2. The number of nitrogens with one attached hydrogen (secondary N) is 2. The van der Waals surface area contributed by atoms with Gasteiger partial charge in [-0.2, -0.15) is 0 Å². The Kier molecular flexibility index (Phi) is 9.99. The quantitative estimate of drug-likeness (QED) is 0.322. The smallest absolute Gasteiger partial charge is 0.191 e. The third-order valence-electron chi connectivity index (χ3n) is 4.78. The zero-order valence-corrected chi connectivity index (χ0v) is 18.2. The van der Waals surface area contributed by atoms with Gasteiger partial charge in [-0.25, -0.2) is 4.99 Å². The van der Waals surface area contributed by atoms with Crippen molar-refractivity contribution in [1.82, 2.24) is 25.4 Å². The molecule has 0 fully saturated rings. The second kappa shape index (κ2) is 12.8. The van der Waals surface area contributed by atoms with E-state index in [9.17, 15) is 0 Å². The van der Waals surface area contributed by atoms with Crippen LogP contribution in [0.3, 0.4) is 0 Å². The molecular formula is C21H35N7O. The first-order chi connectivity index (χ1) is 14.2. The SMILES string of the molecule is CCN(CCCNC(=NCc1nnc(C)n1C)NCCCOC)c1ccccc1. The second-order valence-electron chi connectivity index (χ2n) is 6.86. The Balaban J connectivity index is 1.85. The lowest BCUT2D eigenvalue weighted by Crippen LogP contribution is -2.39. The van der Waals surface area contributed by atoms with E-state index in [4.69, 9.17) is 4.74 Å². The number of rotatable bonds is 12. The fraction of sp³-hybridized carbons (Fsp3) is 0.571. The first-order valence-electron chi connectivity index (χ1n) is 10.3. The summed E-state index contributed by atoms with van der Waals surface area (Å²) in [5.74, 6) is 2.53. The number of anilines is 1. The molecule has 2 N–H and O–H groups in total. The van der Waals surface area contributed by atoms with E-state index >= 15 is 0 Å². The lowest BCUT2D eigenvalue weighted by atomic mass is 10.2. The number of aliphatic imine (C=N–C) groups is 1. The molecule has 8 heteroatoms. The minimum absolute atomic E-state index is 0.488. The second-order valence-corrected chi connectivity index (χ2v) is 6.86. The van der Waals surface area contributed by atoms with E-state index in [0.29, 0.717) is 6.54 Å². The van der Waals surface area contributed by atoms with Crippen molar-refractivity contribution in [2.75, 3.05) is 44.8 Å². The third kappa shape index (κ3) is 7.73. The van der Waals surface area contributed by atoms with Crippen molar-refractivity contribution in [2.45, 2.75) is 33.2 Å². The molecule has 160 valence electrons. The number of aryl methyl sites for hydroxylation is 1. The van der Waals surface area contributed by atoms with E-state index in [-0.39, 0.29) is 0 Å². The molecule has 29 heavy (non-hydrogen) atoms. The van der Waals surface area contributed by atoms with Crippen molar-refractivity contribution >= 4 is 11.6 Å². The van der Waals surface area contributed by atoms with Crippen molar-refractivity contribution in [2.24, 2.45) is 12.0 Å². The first-order valence-corrected chi connectivity index (χ1v) is 10.3. The molecule has 0 bridgehead atoms. The molecule has 2 rings (SSSR count). The Morgan fingerprint density at radius 1 is 1.14 bits per heavy atom. The number of para-hydroxylation sites is 1. The summed E-state index contributed by atoms with van der Waals surface area (Å²) in [5, 5.41) is 15.1. The van der Waals surface area contributed by atoms with Gasteiger partial charge in [-0.3, -0.25) is 0 Å². The van der Waals surface area contributed by atoms with E-state index in [1.165, 1.54) is 5.69 Å². The van der Waals surface area contributed by atoms with Gasteiger partial charge in [-0.1, -0.05) is 18.2 Å². The number of hydrogen-bond acceptors (Lipinski definition) is 5. The monoisotopic (exact) mass is 401 g/mol. The van der Waals surface area contributed by atoms with E-state index in [2.05, 4.69) is 68.0 Å². The number of ether oxygens (including phenoxy) is 1. The summed E-state index contributed by atoms with van der Waals surface area (Å²) in [6.07, 6.45) is 1.95. The van der Waals surface area contributed by atoms with Crippen molar-refractivity contribution in [3.63, 3.8) is 0 Å². The van der Waals surface area contributed by atoms with Gasteiger partial charge in [0.25, 0.3) is 0 Å². The Morgan fingerprint density at radius 3 is 2.48 bits per heavy atom. The molecule has 1 heterocycles. The van der Waals surface area contributed by atoms with Gasteiger partial charge in [0.1, 0.15) is 12.4 Å². The van der Waals surface area contributed by atoms with Gasteiger partial charge in [0.05, 0.1) is 0 Å². The highest BCUT2D eigenvalue weighted by Crippen LogP contribution is 2.12. The Bertz CT molecular complexity index is 730. The lowest BCUT2D eigenvalue weighted by Gasteiger charge is -2.23. The summed E-state index contributed by atoms with van der Waals surface area (Å²) >= 11 is 0. The largest absolute Gasteiger partial charge is 0.385 e. The van der Waals surface area contributed by atoms with Crippen molar-refractivity contribution in [3.8, 4) is 0 Å². The van der Waals surface area contributed by atoms with Gasteiger partial charge >= 0.3 is 0 Å². The molecule has 0 radical (unpaired) electrons. The van der Waals surface area contributed by atoms with Gasteiger partial charge < -0.3 is 24.8 Å². The van der Waals surface area contributed by atoms with E-state index in [0.717, 1.165) is 63.2 Å². The van der Waals surface area contributed by atoms with Crippen molar-refractivity contribution in [3.05, 3.63) is 42.0 Å². The maximum absolute atomic E-state index is 5.12. The summed E-state index contributed by atoms with van der Waals surface area (Å²) in [5.41, 5.74) is 1.26. The highest BCUT2D eigenvalue weighted by Gasteiger charge is 2.06. The highest BCUT2D eigenvalue weighted by molar-refractivity contribution is 5.79.